The van der Waals surface area contributed by atoms with Gasteiger partial charge in [-0.1, -0.05) is 0 Å². The van der Waals surface area contributed by atoms with Gasteiger partial charge in [0.15, 0.2) is 6.61 Å². The van der Waals surface area contributed by atoms with Crippen LogP contribution in [-0.4, -0.2) is 28.3 Å². The third-order valence-electron chi connectivity index (χ3n) is 2.23. The molecule has 2 heterocycles. The summed E-state index contributed by atoms with van der Waals surface area (Å²) in [5, 5.41) is 0. The third-order valence-corrected chi connectivity index (χ3v) is 2.23. The monoisotopic (exact) mass is 242 g/mol. The first-order chi connectivity index (χ1) is 8.77. The Morgan fingerprint density at radius 1 is 1.00 bits per heavy atom. The van der Waals surface area contributed by atoms with Crippen LogP contribution in [0.3, 0.4) is 0 Å². The van der Waals surface area contributed by atoms with Crippen molar-refractivity contribution in [2.45, 2.75) is 0 Å². The fraction of sp³-hybridized carbons (Fsp3) is 0.0769. The lowest BCUT2D eigenvalue weighted by Gasteiger charge is -2.03. The number of ketones is 1. The number of hydrogen-bond donors (Lipinski definition) is 0. The molecule has 5 nitrogen and oxygen atoms in total. The first kappa shape index (κ1) is 11.9. The fourth-order valence-corrected chi connectivity index (χ4v) is 1.31. The summed E-state index contributed by atoms with van der Waals surface area (Å²) in [4.78, 5) is 30.8. The summed E-state index contributed by atoms with van der Waals surface area (Å²) < 4.78 is 4.90. The molecule has 18 heavy (non-hydrogen) atoms. The van der Waals surface area contributed by atoms with E-state index in [0.717, 1.165) is 0 Å². The van der Waals surface area contributed by atoms with Crippen molar-refractivity contribution in [3.63, 3.8) is 0 Å². The highest BCUT2D eigenvalue weighted by Gasteiger charge is 2.11. The predicted octanol–water partition coefficient (Wildman–Crippen LogP) is 1.52. The molecule has 5 heteroatoms. The minimum Gasteiger partial charge on any atom is -0.454 e. The standard InChI is InChI=1S/C13H10N2O3/c16-12(11-2-1-5-15-8-11)9-18-13(17)10-3-6-14-7-4-10/h1-8H,9H2. The van der Waals surface area contributed by atoms with Crippen molar-refractivity contribution in [1.29, 1.82) is 0 Å². The van der Waals surface area contributed by atoms with Crippen molar-refractivity contribution in [3.05, 3.63) is 60.2 Å². The summed E-state index contributed by atoms with van der Waals surface area (Å²) in [7, 11) is 0. The zero-order valence-electron chi connectivity index (χ0n) is 9.45. The molecule has 0 unspecified atom stereocenters. The van der Waals surface area contributed by atoms with Gasteiger partial charge in [-0.2, -0.15) is 0 Å². The van der Waals surface area contributed by atoms with Crippen LogP contribution in [0.15, 0.2) is 49.1 Å². The molecule has 0 N–H and O–H groups in total. The molecule has 0 aliphatic carbocycles. The molecule has 2 rings (SSSR count). The second kappa shape index (κ2) is 5.67. The van der Waals surface area contributed by atoms with E-state index in [1.54, 1.807) is 18.3 Å². The van der Waals surface area contributed by atoms with Gasteiger partial charge < -0.3 is 4.74 Å². The smallest absolute Gasteiger partial charge is 0.338 e. The van der Waals surface area contributed by atoms with Gasteiger partial charge in [-0.25, -0.2) is 4.79 Å². The molecule has 0 amide bonds. The van der Waals surface area contributed by atoms with E-state index in [0.29, 0.717) is 11.1 Å². The summed E-state index contributed by atoms with van der Waals surface area (Å²) >= 11 is 0. The molecule has 0 bridgehead atoms. The quantitative estimate of drug-likeness (QED) is 0.600. The third kappa shape index (κ3) is 2.98. The Bertz CT molecular complexity index is 489. The molecule has 0 saturated carbocycles. The van der Waals surface area contributed by atoms with Gasteiger partial charge in [0.05, 0.1) is 5.56 Å². The van der Waals surface area contributed by atoms with Crippen LogP contribution in [0.4, 0.5) is 0 Å². The largest absolute Gasteiger partial charge is 0.454 e. The minimum absolute atomic E-state index is 0.287. The molecule has 0 fully saturated rings. The summed E-state index contributed by atoms with van der Waals surface area (Å²) in [6.07, 6.45) is 5.97. The zero-order chi connectivity index (χ0) is 12.8. The maximum Gasteiger partial charge on any atom is 0.338 e. The highest BCUT2D eigenvalue weighted by molar-refractivity contribution is 5.99. The Morgan fingerprint density at radius 2 is 1.78 bits per heavy atom. The van der Waals surface area contributed by atoms with Crippen molar-refractivity contribution in [1.82, 2.24) is 9.97 Å². The minimum atomic E-state index is -0.547. The van der Waals surface area contributed by atoms with Crippen LogP contribution in [-0.2, 0) is 4.74 Å². The van der Waals surface area contributed by atoms with Crippen molar-refractivity contribution >= 4 is 11.8 Å². The van der Waals surface area contributed by atoms with E-state index >= 15 is 0 Å². The zero-order valence-corrected chi connectivity index (χ0v) is 9.45. The van der Waals surface area contributed by atoms with Gasteiger partial charge in [0, 0.05) is 30.4 Å². The summed E-state index contributed by atoms with van der Waals surface area (Å²) in [5.74, 6) is -0.833. The number of pyridine rings is 2. The highest BCUT2D eigenvalue weighted by Crippen LogP contribution is 2.02. The predicted molar refractivity (Wildman–Crippen MR) is 63.1 cm³/mol. The van der Waals surface area contributed by atoms with Crippen LogP contribution < -0.4 is 0 Å². The Kier molecular flexibility index (Phi) is 3.76. The lowest BCUT2D eigenvalue weighted by atomic mass is 10.2. The molecule has 0 spiro atoms. The number of carbonyl (C=O) groups is 2. The normalized spacial score (nSPS) is 9.78. The molecule has 90 valence electrons. The van der Waals surface area contributed by atoms with Gasteiger partial charge in [0.2, 0.25) is 5.78 Å². The summed E-state index contributed by atoms with van der Waals surface area (Å²) in [6, 6.07) is 6.32. The summed E-state index contributed by atoms with van der Waals surface area (Å²) in [6.45, 7) is -0.299. The molecule has 2 aromatic rings. The van der Waals surface area contributed by atoms with Crippen LogP contribution >= 0.6 is 0 Å². The topological polar surface area (TPSA) is 69.2 Å². The lowest BCUT2D eigenvalue weighted by Crippen LogP contribution is -2.14. The number of rotatable bonds is 4. The average Bonchev–Trinajstić information content (AvgIpc) is 2.46. The van der Waals surface area contributed by atoms with Crippen LogP contribution in [0.2, 0.25) is 0 Å². The molecule has 2 aromatic heterocycles. The van der Waals surface area contributed by atoms with E-state index in [-0.39, 0.29) is 12.4 Å². The highest BCUT2D eigenvalue weighted by atomic mass is 16.5. The van der Waals surface area contributed by atoms with Crippen LogP contribution in [0.5, 0.6) is 0 Å². The Labute approximate surface area is 103 Å². The molecule has 0 aliphatic heterocycles. The van der Waals surface area contributed by atoms with Crippen LogP contribution in [0, 0.1) is 0 Å². The van der Waals surface area contributed by atoms with Crippen LogP contribution in [0.1, 0.15) is 20.7 Å². The first-order valence-corrected chi connectivity index (χ1v) is 5.28. The molecule has 0 saturated heterocycles. The Morgan fingerprint density at radius 3 is 2.44 bits per heavy atom. The van der Waals surface area contributed by atoms with E-state index in [9.17, 15) is 9.59 Å². The second-order valence-electron chi connectivity index (χ2n) is 3.48. The molecular formula is C13H10N2O3. The van der Waals surface area contributed by atoms with Gasteiger partial charge in [-0.05, 0) is 24.3 Å². The number of nitrogens with zero attached hydrogens (tertiary/aromatic N) is 2. The number of carbonyl (C=O) groups excluding carboxylic acids is 2. The van der Waals surface area contributed by atoms with Gasteiger partial charge in [-0.3, -0.25) is 14.8 Å². The molecule has 0 aromatic carbocycles. The number of ether oxygens (including phenoxy) is 1. The van der Waals surface area contributed by atoms with E-state index in [2.05, 4.69) is 9.97 Å². The van der Waals surface area contributed by atoms with Crippen molar-refractivity contribution < 1.29 is 14.3 Å². The maximum absolute atomic E-state index is 11.7. The molecule has 0 radical (unpaired) electrons. The van der Waals surface area contributed by atoms with Crippen molar-refractivity contribution in [3.8, 4) is 0 Å². The maximum atomic E-state index is 11.7. The van der Waals surface area contributed by atoms with Gasteiger partial charge in [0.1, 0.15) is 0 Å². The number of aromatic nitrogens is 2. The Hall–Kier alpha value is -2.56. The lowest BCUT2D eigenvalue weighted by molar-refractivity contribution is 0.0474. The van der Waals surface area contributed by atoms with E-state index in [1.807, 2.05) is 0 Å². The molecular weight excluding hydrogens is 232 g/mol. The van der Waals surface area contributed by atoms with Crippen molar-refractivity contribution in [2.24, 2.45) is 0 Å². The van der Waals surface area contributed by atoms with Crippen molar-refractivity contribution in [2.75, 3.05) is 6.61 Å². The number of hydrogen-bond acceptors (Lipinski definition) is 5. The first-order valence-electron chi connectivity index (χ1n) is 5.28. The van der Waals surface area contributed by atoms with E-state index in [4.69, 9.17) is 4.74 Å². The van der Waals surface area contributed by atoms with Gasteiger partial charge >= 0.3 is 5.97 Å². The number of esters is 1. The van der Waals surface area contributed by atoms with Crippen LogP contribution in [0.25, 0.3) is 0 Å². The molecule has 0 atom stereocenters. The molecule has 0 aliphatic rings. The SMILES string of the molecule is O=C(COC(=O)c1ccncc1)c1cccnc1. The van der Waals surface area contributed by atoms with E-state index < -0.39 is 5.97 Å². The van der Waals surface area contributed by atoms with E-state index in [1.165, 1.54) is 30.7 Å². The van der Waals surface area contributed by atoms with Gasteiger partial charge in [0.25, 0.3) is 0 Å². The van der Waals surface area contributed by atoms with Gasteiger partial charge in [-0.15, -0.1) is 0 Å². The summed E-state index contributed by atoms with van der Waals surface area (Å²) in [5.41, 5.74) is 0.781. The Balaban J connectivity index is 1.93. The average molecular weight is 242 g/mol. The fourth-order valence-electron chi connectivity index (χ4n) is 1.31. The number of Topliss-reactive ketones (excluding diaryl/α,β-unsaturated/α-hetero) is 1. The second-order valence-corrected chi connectivity index (χ2v) is 3.48.